The van der Waals surface area contributed by atoms with E-state index in [1.165, 1.54) is 0 Å². The maximum Gasteiger partial charge on any atom is 0.319 e. The van der Waals surface area contributed by atoms with E-state index in [1.807, 2.05) is 0 Å². The fraction of sp³-hybridized carbons (Fsp3) is 0.562. The van der Waals surface area contributed by atoms with Crippen LogP contribution in [0.1, 0.15) is 12.8 Å². The molecule has 0 unspecified atom stereocenters. The molecular weight excluding hydrogens is 282 g/mol. The highest BCUT2D eigenvalue weighted by atomic mass is 16.5. The molecule has 0 radical (unpaired) electrons. The molecule has 1 heterocycles. The maximum atomic E-state index is 12.0. The first-order chi connectivity index (χ1) is 10.6. The quantitative estimate of drug-likeness (QED) is 0.875. The van der Waals surface area contributed by atoms with Crippen LogP contribution in [0.3, 0.4) is 0 Å². The molecule has 0 spiro atoms. The van der Waals surface area contributed by atoms with Gasteiger partial charge in [-0.1, -0.05) is 0 Å². The second-order valence-corrected chi connectivity index (χ2v) is 5.65. The zero-order chi connectivity index (χ0) is 15.9. The van der Waals surface area contributed by atoms with Crippen molar-refractivity contribution in [1.82, 2.24) is 10.2 Å². The number of carbonyl (C=O) groups is 1. The van der Waals surface area contributed by atoms with Gasteiger partial charge in [-0.2, -0.15) is 0 Å². The van der Waals surface area contributed by atoms with Crippen molar-refractivity contribution in [2.75, 3.05) is 46.2 Å². The maximum absolute atomic E-state index is 12.0. The van der Waals surface area contributed by atoms with Gasteiger partial charge in [-0.05, 0) is 51.0 Å². The Bertz CT molecular complexity index is 499. The second kappa shape index (κ2) is 7.89. The number of nitrogens with one attached hydrogen (secondary N) is 2. The Labute approximate surface area is 131 Å². The van der Waals surface area contributed by atoms with Crippen molar-refractivity contribution in [3.63, 3.8) is 0 Å². The lowest BCUT2D eigenvalue weighted by Crippen LogP contribution is -2.38. The Hall–Kier alpha value is -1.95. The van der Waals surface area contributed by atoms with Gasteiger partial charge in [0.25, 0.3) is 0 Å². The highest BCUT2D eigenvalue weighted by Gasteiger charge is 2.17. The van der Waals surface area contributed by atoms with Gasteiger partial charge in [0.2, 0.25) is 0 Å². The summed E-state index contributed by atoms with van der Waals surface area (Å²) >= 11 is 0. The Morgan fingerprint density at radius 2 is 2.00 bits per heavy atom. The molecule has 1 aromatic carbocycles. The van der Waals surface area contributed by atoms with E-state index in [0.29, 0.717) is 29.6 Å². The summed E-state index contributed by atoms with van der Waals surface area (Å²) in [7, 11) is 5.29. The van der Waals surface area contributed by atoms with Crippen LogP contribution in [-0.4, -0.2) is 51.8 Å². The number of hydrogen-bond acceptors (Lipinski definition) is 4. The fourth-order valence-electron chi connectivity index (χ4n) is 2.57. The average molecular weight is 307 g/mol. The van der Waals surface area contributed by atoms with Crippen LogP contribution in [0, 0.1) is 5.92 Å². The molecule has 1 aliphatic rings. The van der Waals surface area contributed by atoms with E-state index in [2.05, 4.69) is 22.6 Å². The van der Waals surface area contributed by atoms with E-state index in [9.17, 15) is 4.79 Å². The van der Waals surface area contributed by atoms with Crippen molar-refractivity contribution < 1.29 is 14.3 Å². The Morgan fingerprint density at radius 1 is 1.27 bits per heavy atom. The molecule has 1 saturated heterocycles. The van der Waals surface area contributed by atoms with Crippen LogP contribution >= 0.6 is 0 Å². The number of nitrogens with zero attached hydrogens (tertiary/aromatic N) is 1. The minimum absolute atomic E-state index is 0.206. The molecule has 2 rings (SSSR count). The molecule has 1 fully saturated rings. The SMILES string of the molecule is COc1ccc(NC(=O)NCC2CCN(C)CC2)c(OC)c1. The van der Waals surface area contributed by atoms with Gasteiger partial charge in [0.1, 0.15) is 11.5 Å². The van der Waals surface area contributed by atoms with Crippen LogP contribution in [0.4, 0.5) is 10.5 Å². The van der Waals surface area contributed by atoms with Gasteiger partial charge < -0.3 is 25.0 Å². The van der Waals surface area contributed by atoms with E-state index < -0.39 is 0 Å². The molecule has 6 nitrogen and oxygen atoms in total. The van der Waals surface area contributed by atoms with E-state index in [0.717, 1.165) is 25.9 Å². The van der Waals surface area contributed by atoms with Crippen molar-refractivity contribution in [2.45, 2.75) is 12.8 Å². The molecule has 6 heteroatoms. The van der Waals surface area contributed by atoms with E-state index in [1.54, 1.807) is 32.4 Å². The predicted octanol–water partition coefficient (Wildman–Crippen LogP) is 2.17. The highest BCUT2D eigenvalue weighted by Crippen LogP contribution is 2.28. The summed E-state index contributed by atoms with van der Waals surface area (Å²) in [6.07, 6.45) is 2.26. The number of likely N-dealkylation sites (tertiary alicyclic amines) is 1. The van der Waals surface area contributed by atoms with Gasteiger partial charge in [-0.15, -0.1) is 0 Å². The number of anilines is 1. The summed E-state index contributed by atoms with van der Waals surface area (Å²) < 4.78 is 10.4. The fourth-order valence-corrected chi connectivity index (χ4v) is 2.57. The predicted molar refractivity (Wildman–Crippen MR) is 86.8 cm³/mol. The molecule has 1 aliphatic heterocycles. The summed E-state index contributed by atoms with van der Waals surface area (Å²) in [6.45, 7) is 2.90. The Kier molecular flexibility index (Phi) is 5.89. The number of carbonyl (C=O) groups excluding carboxylic acids is 1. The molecule has 0 bridgehead atoms. The normalized spacial score (nSPS) is 16.1. The molecule has 2 N–H and O–H groups in total. The summed E-state index contributed by atoms with van der Waals surface area (Å²) in [6, 6.07) is 5.09. The van der Waals surface area contributed by atoms with Crippen molar-refractivity contribution in [3.05, 3.63) is 18.2 Å². The van der Waals surface area contributed by atoms with Crippen molar-refractivity contribution in [2.24, 2.45) is 5.92 Å². The van der Waals surface area contributed by atoms with Crippen molar-refractivity contribution >= 4 is 11.7 Å². The molecular formula is C16H25N3O3. The number of piperidine rings is 1. The summed E-state index contributed by atoms with van der Waals surface area (Å²) in [5.41, 5.74) is 0.629. The Balaban J connectivity index is 1.84. The molecule has 0 aromatic heterocycles. The standard InChI is InChI=1S/C16H25N3O3/c1-19-8-6-12(7-9-19)11-17-16(20)18-14-5-4-13(21-2)10-15(14)22-3/h4-5,10,12H,6-9,11H2,1-3H3,(H2,17,18,20). The number of methoxy groups -OCH3 is 2. The van der Waals surface area contributed by atoms with Crippen LogP contribution in [0.5, 0.6) is 11.5 Å². The Morgan fingerprint density at radius 3 is 2.64 bits per heavy atom. The monoisotopic (exact) mass is 307 g/mol. The molecule has 2 amide bonds. The van der Waals surface area contributed by atoms with Crippen LogP contribution < -0.4 is 20.1 Å². The third kappa shape index (κ3) is 4.53. The van der Waals surface area contributed by atoms with Gasteiger partial charge in [-0.3, -0.25) is 0 Å². The lowest BCUT2D eigenvalue weighted by atomic mass is 9.97. The van der Waals surface area contributed by atoms with E-state index >= 15 is 0 Å². The molecule has 0 saturated carbocycles. The topological polar surface area (TPSA) is 62.8 Å². The van der Waals surface area contributed by atoms with E-state index in [4.69, 9.17) is 9.47 Å². The van der Waals surface area contributed by atoms with Gasteiger partial charge in [-0.25, -0.2) is 4.79 Å². The summed E-state index contributed by atoms with van der Waals surface area (Å²) in [5.74, 6) is 1.82. The van der Waals surface area contributed by atoms with Gasteiger partial charge >= 0.3 is 6.03 Å². The first-order valence-electron chi connectivity index (χ1n) is 7.57. The number of amides is 2. The zero-order valence-electron chi connectivity index (χ0n) is 13.5. The van der Waals surface area contributed by atoms with Crippen LogP contribution in [-0.2, 0) is 0 Å². The van der Waals surface area contributed by atoms with Gasteiger partial charge in [0.05, 0.1) is 19.9 Å². The lowest BCUT2D eigenvalue weighted by Gasteiger charge is -2.28. The summed E-state index contributed by atoms with van der Waals surface area (Å²) in [4.78, 5) is 14.3. The lowest BCUT2D eigenvalue weighted by molar-refractivity contribution is 0.213. The number of rotatable bonds is 5. The number of hydrogen-bond donors (Lipinski definition) is 2. The molecule has 0 aliphatic carbocycles. The van der Waals surface area contributed by atoms with Gasteiger partial charge in [0.15, 0.2) is 0 Å². The van der Waals surface area contributed by atoms with Crippen LogP contribution in [0.25, 0.3) is 0 Å². The largest absolute Gasteiger partial charge is 0.497 e. The zero-order valence-corrected chi connectivity index (χ0v) is 13.5. The first kappa shape index (κ1) is 16.4. The smallest absolute Gasteiger partial charge is 0.319 e. The minimum atomic E-state index is -0.206. The van der Waals surface area contributed by atoms with Crippen molar-refractivity contribution in [1.29, 1.82) is 0 Å². The third-order valence-electron chi connectivity index (χ3n) is 4.05. The van der Waals surface area contributed by atoms with Crippen LogP contribution in [0.2, 0.25) is 0 Å². The molecule has 22 heavy (non-hydrogen) atoms. The number of ether oxygens (including phenoxy) is 2. The molecule has 122 valence electrons. The molecule has 1 aromatic rings. The average Bonchev–Trinajstić information content (AvgIpc) is 2.54. The summed E-state index contributed by atoms with van der Waals surface area (Å²) in [5, 5.41) is 5.76. The third-order valence-corrected chi connectivity index (χ3v) is 4.05. The van der Waals surface area contributed by atoms with Gasteiger partial charge in [0, 0.05) is 12.6 Å². The number of urea groups is 1. The van der Waals surface area contributed by atoms with E-state index in [-0.39, 0.29) is 6.03 Å². The van der Waals surface area contributed by atoms with Crippen molar-refractivity contribution in [3.8, 4) is 11.5 Å². The molecule has 0 atom stereocenters. The van der Waals surface area contributed by atoms with Crippen LogP contribution in [0.15, 0.2) is 18.2 Å². The minimum Gasteiger partial charge on any atom is -0.497 e. The second-order valence-electron chi connectivity index (χ2n) is 5.65. The number of benzene rings is 1. The highest BCUT2D eigenvalue weighted by molar-refractivity contribution is 5.91. The first-order valence-corrected chi connectivity index (χ1v) is 7.57.